The molecule has 7 nitrogen and oxygen atoms in total. The molecule has 0 spiro atoms. The molecule has 30 heavy (non-hydrogen) atoms. The van der Waals surface area contributed by atoms with Crippen molar-refractivity contribution in [2.24, 2.45) is 5.10 Å². The Morgan fingerprint density at radius 3 is 2.47 bits per heavy atom. The maximum absolute atomic E-state index is 13.1. The minimum absolute atomic E-state index is 0.0538. The van der Waals surface area contributed by atoms with Crippen LogP contribution in [0, 0.1) is 6.92 Å². The molecule has 0 radical (unpaired) electrons. The van der Waals surface area contributed by atoms with E-state index in [1.807, 2.05) is 64.2 Å². The molecular weight excluding hydrogens is 380 g/mol. The van der Waals surface area contributed by atoms with Gasteiger partial charge in [0.05, 0.1) is 19.0 Å². The minimum Gasteiger partial charge on any atom is -0.467 e. The van der Waals surface area contributed by atoms with E-state index in [4.69, 9.17) is 4.42 Å². The summed E-state index contributed by atoms with van der Waals surface area (Å²) in [6.07, 6.45) is 2.21. The van der Waals surface area contributed by atoms with Crippen LogP contribution in [0.15, 0.2) is 52.2 Å². The molecule has 1 aromatic carbocycles. The van der Waals surface area contributed by atoms with Gasteiger partial charge in [0.15, 0.2) is 13.1 Å². The topological polar surface area (TPSA) is 70.6 Å². The quantitative estimate of drug-likeness (QED) is 0.718. The van der Waals surface area contributed by atoms with E-state index in [2.05, 4.69) is 5.10 Å². The maximum Gasteiger partial charge on any atom is 0.298 e. The summed E-state index contributed by atoms with van der Waals surface area (Å²) in [5.74, 6) is 0.646. The average molecular weight is 412 g/mol. The molecule has 160 valence electrons. The number of quaternary nitrogens is 1. The molecule has 0 aliphatic carbocycles. The Labute approximate surface area is 177 Å². The van der Waals surface area contributed by atoms with Crippen LogP contribution >= 0.6 is 0 Å². The van der Waals surface area contributed by atoms with Gasteiger partial charge in [0.1, 0.15) is 11.8 Å². The van der Waals surface area contributed by atoms with E-state index >= 15 is 0 Å². The fraction of sp³-hybridized carbons (Fsp3) is 0.435. The molecule has 1 N–H and O–H groups in total. The molecule has 0 saturated heterocycles. The number of hydrazone groups is 1. The van der Waals surface area contributed by atoms with Crippen molar-refractivity contribution in [3.63, 3.8) is 0 Å². The standard InChI is InChI=1S/C23H30N4O3/c1-5-26(6-2)22(28)15-25(4)16-23(29)27-20(21-8-7-13-30-21)14-19(24-27)18-11-9-17(3)10-12-18/h7-13,20H,5-6,14-16H2,1-4H3/p+1/t20-/m0/s1. The second kappa shape index (κ2) is 9.71. The fourth-order valence-corrected chi connectivity index (χ4v) is 3.71. The van der Waals surface area contributed by atoms with Crippen LogP contribution in [0.1, 0.15) is 43.2 Å². The molecule has 0 fully saturated rings. The van der Waals surface area contributed by atoms with Crippen LogP contribution in [0.2, 0.25) is 0 Å². The highest BCUT2D eigenvalue weighted by Crippen LogP contribution is 2.32. The summed E-state index contributed by atoms with van der Waals surface area (Å²) >= 11 is 0. The molecule has 0 bridgehead atoms. The van der Waals surface area contributed by atoms with Crippen molar-refractivity contribution in [2.75, 3.05) is 33.2 Å². The van der Waals surface area contributed by atoms with Crippen molar-refractivity contribution in [1.29, 1.82) is 0 Å². The molecule has 2 amide bonds. The Morgan fingerprint density at radius 1 is 1.17 bits per heavy atom. The molecule has 1 unspecified atom stereocenters. The highest BCUT2D eigenvalue weighted by atomic mass is 16.3. The number of benzene rings is 1. The van der Waals surface area contributed by atoms with E-state index in [0.717, 1.165) is 16.2 Å². The number of rotatable bonds is 8. The summed E-state index contributed by atoms with van der Waals surface area (Å²) in [4.78, 5) is 28.1. The Bertz CT molecular complexity index is 886. The third kappa shape index (κ3) is 4.97. The highest BCUT2D eigenvalue weighted by Gasteiger charge is 2.36. The fourth-order valence-electron chi connectivity index (χ4n) is 3.71. The molecule has 2 heterocycles. The van der Waals surface area contributed by atoms with Gasteiger partial charge in [0.2, 0.25) is 0 Å². The van der Waals surface area contributed by atoms with Gasteiger partial charge in [0.25, 0.3) is 11.8 Å². The van der Waals surface area contributed by atoms with Crippen LogP contribution in [-0.4, -0.2) is 60.7 Å². The smallest absolute Gasteiger partial charge is 0.298 e. The molecule has 3 rings (SSSR count). The Morgan fingerprint density at radius 2 is 1.87 bits per heavy atom. The molecule has 1 aliphatic heterocycles. The normalized spacial score (nSPS) is 17.0. The van der Waals surface area contributed by atoms with Crippen molar-refractivity contribution in [2.45, 2.75) is 33.2 Å². The van der Waals surface area contributed by atoms with Gasteiger partial charge >= 0.3 is 0 Å². The lowest BCUT2D eigenvalue weighted by molar-refractivity contribution is -0.863. The lowest BCUT2D eigenvalue weighted by atomic mass is 10.0. The molecule has 0 saturated carbocycles. The molecule has 2 aromatic rings. The first-order chi connectivity index (χ1) is 14.4. The van der Waals surface area contributed by atoms with Gasteiger partial charge in [-0.05, 0) is 38.5 Å². The first-order valence-electron chi connectivity index (χ1n) is 10.5. The number of likely N-dealkylation sites (N-methyl/N-ethyl adjacent to an activating group) is 2. The van der Waals surface area contributed by atoms with Gasteiger partial charge in [-0.1, -0.05) is 29.8 Å². The van der Waals surface area contributed by atoms with Crippen LogP contribution < -0.4 is 4.90 Å². The van der Waals surface area contributed by atoms with E-state index in [9.17, 15) is 9.59 Å². The number of carbonyl (C=O) groups excluding carboxylic acids is 2. The molecular formula is C23H31N4O3+. The van der Waals surface area contributed by atoms with Gasteiger partial charge in [-0.3, -0.25) is 9.59 Å². The minimum atomic E-state index is -0.268. The summed E-state index contributed by atoms with van der Waals surface area (Å²) < 4.78 is 5.60. The Hall–Kier alpha value is -2.93. The zero-order chi connectivity index (χ0) is 21.7. The van der Waals surface area contributed by atoms with Crippen LogP contribution in [-0.2, 0) is 9.59 Å². The number of amides is 2. The maximum atomic E-state index is 13.1. The summed E-state index contributed by atoms with van der Waals surface area (Å²) in [6, 6.07) is 11.6. The molecule has 7 heteroatoms. The van der Waals surface area contributed by atoms with E-state index in [0.29, 0.717) is 25.3 Å². The average Bonchev–Trinajstić information content (AvgIpc) is 3.39. The second-order valence-electron chi connectivity index (χ2n) is 7.76. The lowest BCUT2D eigenvalue weighted by Crippen LogP contribution is -3.11. The zero-order valence-corrected chi connectivity index (χ0v) is 18.2. The third-order valence-corrected chi connectivity index (χ3v) is 5.44. The van der Waals surface area contributed by atoms with Crippen LogP contribution in [0.4, 0.5) is 0 Å². The van der Waals surface area contributed by atoms with Crippen LogP contribution in [0.3, 0.4) is 0 Å². The van der Waals surface area contributed by atoms with Gasteiger partial charge in [-0.2, -0.15) is 5.10 Å². The highest BCUT2D eigenvalue weighted by molar-refractivity contribution is 6.03. The van der Waals surface area contributed by atoms with Crippen molar-refractivity contribution in [3.8, 4) is 0 Å². The van der Waals surface area contributed by atoms with Crippen molar-refractivity contribution in [3.05, 3.63) is 59.5 Å². The summed E-state index contributed by atoms with van der Waals surface area (Å²) in [7, 11) is 1.86. The number of aryl methyl sites for hydroxylation is 1. The second-order valence-corrected chi connectivity index (χ2v) is 7.76. The van der Waals surface area contributed by atoms with Crippen molar-refractivity contribution in [1.82, 2.24) is 9.91 Å². The molecule has 2 atom stereocenters. The summed E-state index contributed by atoms with van der Waals surface area (Å²) in [6.45, 7) is 7.78. The van der Waals surface area contributed by atoms with E-state index in [1.54, 1.807) is 11.2 Å². The van der Waals surface area contributed by atoms with Gasteiger partial charge in [-0.15, -0.1) is 0 Å². The van der Waals surface area contributed by atoms with Crippen LogP contribution in [0.5, 0.6) is 0 Å². The molecule has 1 aromatic heterocycles. The zero-order valence-electron chi connectivity index (χ0n) is 18.2. The first-order valence-corrected chi connectivity index (χ1v) is 10.5. The van der Waals surface area contributed by atoms with E-state index in [1.165, 1.54) is 10.6 Å². The molecule has 1 aliphatic rings. The first kappa shape index (κ1) is 21.8. The summed E-state index contributed by atoms with van der Waals surface area (Å²) in [5, 5.41) is 6.18. The van der Waals surface area contributed by atoms with Gasteiger partial charge in [0, 0.05) is 19.5 Å². The van der Waals surface area contributed by atoms with Crippen molar-refractivity contribution < 1.29 is 18.9 Å². The number of nitrogens with zero attached hydrogens (tertiary/aromatic N) is 3. The Kier molecular flexibility index (Phi) is 7.05. The lowest BCUT2D eigenvalue weighted by Gasteiger charge is -2.23. The third-order valence-electron chi connectivity index (χ3n) is 5.44. The number of hydrogen-bond donors (Lipinski definition) is 1. The summed E-state index contributed by atoms with van der Waals surface area (Å²) in [5.41, 5.74) is 3.04. The van der Waals surface area contributed by atoms with Gasteiger partial charge < -0.3 is 14.2 Å². The number of carbonyl (C=O) groups is 2. The predicted octanol–water partition coefficient (Wildman–Crippen LogP) is 1.65. The van der Waals surface area contributed by atoms with Crippen molar-refractivity contribution >= 4 is 17.5 Å². The Balaban J connectivity index is 1.75. The SMILES string of the molecule is CCN(CC)C(=O)C[NH+](C)CC(=O)N1N=C(c2ccc(C)cc2)C[C@H]1c1ccco1. The number of nitrogens with one attached hydrogen (secondary N) is 1. The van der Waals surface area contributed by atoms with E-state index in [-0.39, 0.29) is 30.9 Å². The van der Waals surface area contributed by atoms with Crippen LogP contribution in [0.25, 0.3) is 0 Å². The predicted molar refractivity (Wildman–Crippen MR) is 115 cm³/mol. The van der Waals surface area contributed by atoms with Gasteiger partial charge in [-0.25, -0.2) is 5.01 Å². The monoisotopic (exact) mass is 411 g/mol. The van der Waals surface area contributed by atoms with E-state index < -0.39 is 0 Å². The largest absolute Gasteiger partial charge is 0.467 e. The number of hydrogen-bond acceptors (Lipinski definition) is 4. The number of furan rings is 1.